The number of nitrogens with one attached hydrogen (secondary N) is 1. The molecule has 0 radical (unpaired) electrons. The molecule has 6 heteroatoms. The zero-order valence-electron chi connectivity index (χ0n) is 17.7. The van der Waals surface area contributed by atoms with Gasteiger partial charge in [-0.15, -0.1) is 0 Å². The van der Waals surface area contributed by atoms with Crippen LogP contribution in [0.1, 0.15) is 44.0 Å². The first-order valence-electron chi connectivity index (χ1n) is 10.4. The molecule has 0 saturated heterocycles. The monoisotopic (exact) mass is 408 g/mol. The lowest BCUT2D eigenvalue weighted by atomic mass is 9.94. The van der Waals surface area contributed by atoms with Gasteiger partial charge < -0.3 is 19.7 Å². The number of carbonyl (C=O) groups excluding carboxylic acids is 2. The van der Waals surface area contributed by atoms with Gasteiger partial charge in [-0.2, -0.15) is 0 Å². The van der Waals surface area contributed by atoms with Gasteiger partial charge >= 0.3 is 0 Å². The van der Waals surface area contributed by atoms with E-state index >= 15 is 0 Å². The number of carbonyl (C=O) groups is 2. The first-order valence-corrected chi connectivity index (χ1v) is 10.4. The molecule has 1 aliphatic heterocycles. The summed E-state index contributed by atoms with van der Waals surface area (Å²) in [5, 5.41) is 2.94. The molecule has 0 unspecified atom stereocenters. The van der Waals surface area contributed by atoms with Crippen molar-refractivity contribution in [3.05, 3.63) is 48.0 Å². The van der Waals surface area contributed by atoms with Gasteiger partial charge in [-0.25, -0.2) is 0 Å². The number of hydrogen-bond acceptors (Lipinski definition) is 4. The number of para-hydroxylation sites is 1. The van der Waals surface area contributed by atoms with Crippen LogP contribution < -0.4 is 19.7 Å². The zero-order valence-corrected chi connectivity index (χ0v) is 17.7. The third kappa shape index (κ3) is 4.42. The number of fused-ring (bicyclic) bond motifs is 1. The van der Waals surface area contributed by atoms with Gasteiger partial charge in [-0.05, 0) is 49.1 Å². The summed E-state index contributed by atoms with van der Waals surface area (Å²) in [6.45, 7) is 7.27. The van der Waals surface area contributed by atoms with Gasteiger partial charge in [0.15, 0.2) is 0 Å². The van der Waals surface area contributed by atoms with E-state index in [1.54, 1.807) is 29.2 Å². The van der Waals surface area contributed by atoms with Crippen LogP contribution in [0.15, 0.2) is 42.5 Å². The Labute approximate surface area is 177 Å². The van der Waals surface area contributed by atoms with Gasteiger partial charge in [-0.3, -0.25) is 9.59 Å². The fourth-order valence-electron chi connectivity index (χ4n) is 3.38. The molecule has 2 aromatic rings. The lowest BCUT2D eigenvalue weighted by Gasteiger charge is -2.34. The average Bonchev–Trinajstić information content (AvgIpc) is 3.55. The van der Waals surface area contributed by atoms with Gasteiger partial charge in [-0.1, -0.05) is 32.9 Å². The van der Waals surface area contributed by atoms with E-state index in [1.807, 2.05) is 39.0 Å². The maximum atomic E-state index is 12.9. The summed E-state index contributed by atoms with van der Waals surface area (Å²) in [5.41, 5.74) is 1.27. The van der Waals surface area contributed by atoms with E-state index in [9.17, 15) is 9.59 Å². The Morgan fingerprint density at radius 3 is 2.67 bits per heavy atom. The minimum atomic E-state index is -0.508. The number of rotatable bonds is 5. The predicted octanol–water partition coefficient (Wildman–Crippen LogP) is 4.50. The van der Waals surface area contributed by atoms with E-state index in [1.165, 1.54) is 12.8 Å². The Morgan fingerprint density at radius 2 is 1.93 bits per heavy atom. The van der Waals surface area contributed by atoms with Crippen LogP contribution in [0.25, 0.3) is 0 Å². The van der Waals surface area contributed by atoms with Gasteiger partial charge in [0.05, 0.1) is 24.4 Å². The van der Waals surface area contributed by atoms with E-state index < -0.39 is 5.41 Å². The van der Waals surface area contributed by atoms with Crippen LogP contribution in [0, 0.1) is 11.3 Å². The molecule has 158 valence electrons. The molecule has 0 aromatic heterocycles. The predicted molar refractivity (Wildman–Crippen MR) is 116 cm³/mol. The molecule has 0 spiro atoms. The van der Waals surface area contributed by atoms with E-state index in [0.717, 1.165) is 0 Å². The Balaban J connectivity index is 1.54. The highest BCUT2D eigenvalue weighted by Gasteiger charge is 2.32. The second-order valence-corrected chi connectivity index (χ2v) is 8.94. The van der Waals surface area contributed by atoms with Crippen LogP contribution in [0.2, 0.25) is 0 Å². The molecule has 2 aromatic carbocycles. The molecule has 2 aliphatic rings. The molecule has 2 amide bonds. The number of nitrogens with zero attached hydrogens (tertiary/aromatic N) is 1. The van der Waals surface area contributed by atoms with E-state index in [0.29, 0.717) is 54.1 Å². The zero-order chi connectivity index (χ0) is 21.3. The fraction of sp³-hybridized carbons (Fsp3) is 0.417. The van der Waals surface area contributed by atoms with Crippen molar-refractivity contribution >= 4 is 23.2 Å². The van der Waals surface area contributed by atoms with Crippen molar-refractivity contribution in [3.63, 3.8) is 0 Å². The van der Waals surface area contributed by atoms with Gasteiger partial charge in [0.1, 0.15) is 18.1 Å². The smallest absolute Gasteiger partial charge is 0.259 e. The molecule has 0 atom stereocenters. The Morgan fingerprint density at radius 1 is 1.17 bits per heavy atom. The van der Waals surface area contributed by atoms with Crippen LogP contribution in [0.4, 0.5) is 11.4 Å². The molecule has 1 fully saturated rings. The molecule has 0 bridgehead atoms. The number of ether oxygens (including phenoxy) is 2. The summed E-state index contributed by atoms with van der Waals surface area (Å²) in [6.07, 6.45) is 2.38. The Bertz CT molecular complexity index is 960. The molecule has 30 heavy (non-hydrogen) atoms. The lowest BCUT2D eigenvalue weighted by molar-refractivity contribution is -0.126. The molecule has 4 rings (SSSR count). The third-order valence-electron chi connectivity index (χ3n) is 5.27. The Hall–Kier alpha value is -3.02. The minimum absolute atomic E-state index is 0.0225. The summed E-state index contributed by atoms with van der Waals surface area (Å²) in [6, 6.07) is 12.6. The molecular weight excluding hydrogens is 380 g/mol. The van der Waals surface area contributed by atoms with E-state index in [-0.39, 0.29) is 11.8 Å². The minimum Gasteiger partial charge on any atom is -0.492 e. The SMILES string of the molecule is CC(C)(C)C(=O)N1CCOc2ccc(NC(=O)c3ccccc3OCC3CC3)cc21. The van der Waals surface area contributed by atoms with E-state index in [2.05, 4.69) is 5.32 Å². The second kappa shape index (κ2) is 8.01. The van der Waals surface area contributed by atoms with Gasteiger partial charge in [0, 0.05) is 11.1 Å². The number of anilines is 2. The summed E-state index contributed by atoms with van der Waals surface area (Å²) >= 11 is 0. The molecule has 1 N–H and O–H groups in total. The number of hydrogen-bond donors (Lipinski definition) is 1. The highest BCUT2D eigenvalue weighted by atomic mass is 16.5. The topological polar surface area (TPSA) is 67.9 Å². The van der Waals surface area contributed by atoms with Crippen LogP contribution in [0.3, 0.4) is 0 Å². The summed E-state index contributed by atoms with van der Waals surface area (Å²) in [4.78, 5) is 27.6. The van der Waals surface area contributed by atoms with Crippen LogP contribution in [-0.2, 0) is 4.79 Å². The average molecular weight is 408 g/mol. The molecule has 1 saturated carbocycles. The fourth-order valence-corrected chi connectivity index (χ4v) is 3.38. The summed E-state index contributed by atoms with van der Waals surface area (Å²) in [5.74, 6) is 1.62. The highest BCUT2D eigenvalue weighted by Crippen LogP contribution is 2.37. The normalized spacial score (nSPS) is 15.8. The number of benzene rings is 2. The second-order valence-electron chi connectivity index (χ2n) is 8.94. The molecule has 6 nitrogen and oxygen atoms in total. The van der Waals surface area contributed by atoms with Crippen molar-refractivity contribution in [3.8, 4) is 11.5 Å². The van der Waals surface area contributed by atoms with E-state index in [4.69, 9.17) is 9.47 Å². The van der Waals surface area contributed by atoms with Gasteiger partial charge in [0.25, 0.3) is 5.91 Å². The van der Waals surface area contributed by atoms with Crippen molar-refractivity contribution in [1.29, 1.82) is 0 Å². The summed E-state index contributed by atoms with van der Waals surface area (Å²) < 4.78 is 11.6. The van der Waals surface area contributed by atoms with Crippen molar-refractivity contribution < 1.29 is 19.1 Å². The summed E-state index contributed by atoms with van der Waals surface area (Å²) in [7, 11) is 0. The van der Waals surface area contributed by atoms with Crippen LogP contribution in [0.5, 0.6) is 11.5 Å². The van der Waals surface area contributed by atoms with Crippen LogP contribution >= 0.6 is 0 Å². The lowest BCUT2D eigenvalue weighted by Crippen LogP contribution is -2.44. The van der Waals surface area contributed by atoms with Crippen molar-refractivity contribution in [2.75, 3.05) is 30.0 Å². The van der Waals surface area contributed by atoms with Gasteiger partial charge in [0.2, 0.25) is 5.91 Å². The van der Waals surface area contributed by atoms with Crippen molar-refractivity contribution in [2.45, 2.75) is 33.6 Å². The maximum absolute atomic E-state index is 12.9. The number of amides is 2. The van der Waals surface area contributed by atoms with Crippen molar-refractivity contribution in [2.24, 2.45) is 11.3 Å². The quantitative estimate of drug-likeness (QED) is 0.791. The van der Waals surface area contributed by atoms with Crippen molar-refractivity contribution in [1.82, 2.24) is 0 Å². The maximum Gasteiger partial charge on any atom is 0.259 e. The standard InChI is InChI=1S/C24H28N2O4/c1-24(2,3)23(28)26-12-13-29-21-11-10-17(14-19(21)26)25-22(27)18-6-4-5-7-20(18)30-15-16-8-9-16/h4-7,10-11,14,16H,8-9,12-13,15H2,1-3H3,(H,25,27). The highest BCUT2D eigenvalue weighted by molar-refractivity contribution is 6.07. The first kappa shape index (κ1) is 20.3. The molecule has 1 heterocycles. The third-order valence-corrected chi connectivity index (χ3v) is 5.27. The largest absolute Gasteiger partial charge is 0.492 e. The van der Waals surface area contributed by atoms with Crippen LogP contribution in [-0.4, -0.2) is 31.6 Å². The Kier molecular flexibility index (Phi) is 5.41. The molecule has 1 aliphatic carbocycles. The first-order chi connectivity index (χ1) is 14.3. The molecular formula is C24H28N2O4.